The Kier molecular flexibility index (Phi) is 4.52. The van der Waals surface area contributed by atoms with Gasteiger partial charge in [-0.25, -0.2) is 4.98 Å². The van der Waals surface area contributed by atoms with Gasteiger partial charge in [0.25, 0.3) is 5.91 Å². The monoisotopic (exact) mass is 275 g/mol. The third-order valence-electron chi connectivity index (χ3n) is 2.67. The van der Waals surface area contributed by atoms with Gasteiger partial charge in [-0.2, -0.15) is 0 Å². The largest absolute Gasteiger partial charge is 0.376 e. The molecule has 2 aromatic rings. The van der Waals surface area contributed by atoms with Crippen molar-refractivity contribution in [3.63, 3.8) is 0 Å². The maximum absolute atomic E-state index is 11.8. The lowest BCUT2D eigenvalue weighted by atomic mass is 10.1. The van der Waals surface area contributed by atoms with E-state index in [9.17, 15) is 4.79 Å². The van der Waals surface area contributed by atoms with Gasteiger partial charge < -0.3 is 10.6 Å². The number of amides is 1. The number of aromatic nitrogens is 1. The zero-order chi connectivity index (χ0) is 13.7. The summed E-state index contributed by atoms with van der Waals surface area (Å²) in [6, 6.07) is 7.62. The zero-order valence-electron chi connectivity index (χ0n) is 11.0. The van der Waals surface area contributed by atoms with Gasteiger partial charge in [0.1, 0.15) is 5.01 Å². The second-order valence-corrected chi connectivity index (χ2v) is 5.10. The second kappa shape index (κ2) is 6.33. The van der Waals surface area contributed by atoms with Gasteiger partial charge in [0.05, 0.1) is 6.04 Å². The van der Waals surface area contributed by atoms with E-state index in [0.717, 1.165) is 10.7 Å². The van der Waals surface area contributed by atoms with Crippen molar-refractivity contribution in [2.24, 2.45) is 0 Å². The molecule has 4 nitrogen and oxygen atoms in total. The summed E-state index contributed by atoms with van der Waals surface area (Å²) in [6.45, 7) is 4.59. The van der Waals surface area contributed by atoms with Crippen molar-refractivity contribution in [3.8, 4) is 0 Å². The Bertz CT molecular complexity index is 539. The molecule has 1 aromatic carbocycles. The number of rotatable bonds is 5. The third kappa shape index (κ3) is 3.54. The third-order valence-corrected chi connectivity index (χ3v) is 3.63. The van der Waals surface area contributed by atoms with Gasteiger partial charge in [-0.05, 0) is 32.0 Å². The van der Waals surface area contributed by atoms with Gasteiger partial charge >= 0.3 is 0 Å². The molecular weight excluding hydrogens is 258 g/mol. The van der Waals surface area contributed by atoms with Crippen molar-refractivity contribution in [1.82, 2.24) is 10.3 Å². The average molecular weight is 275 g/mol. The molecule has 0 saturated carbocycles. The van der Waals surface area contributed by atoms with Crippen LogP contribution in [0.25, 0.3) is 0 Å². The van der Waals surface area contributed by atoms with E-state index in [1.165, 1.54) is 0 Å². The van der Waals surface area contributed by atoms with Crippen molar-refractivity contribution < 1.29 is 4.79 Å². The van der Waals surface area contributed by atoms with E-state index in [1.54, 1.807) is 17.5 Å². The smallest absolute Gasteiger partial charge is 0.251 e. The number of thiazole rings is 1. The lowest BCUT2D eigenvalue weighted by Gasteiger charge is -2.13. The van der Waals surface area contributed by atoms with Crippen LogP contribution in [0.15, 0.2) is 35.8 Å². The topological polar surface area (TPSA) is 54.0 Å². The Hall–Kier alpha value is -1.88. The minimum Gasteiger partial charge on any atom is -0.376 e. The number of carbonyl (C=O) groups excluding carboxylic acids is 1. The maximum Gasteiger partial charge on any atom is 0.251 e. The lowest BCUT2D eigenvalue weighted by Crippen LogP contribution is -2.22. The van der Waals surface area contributed by atoms with Crippen molar-refractivity contribution in [3.05, 3.63) is 46.4 Å². The van der Waals surface area contributed by atoms with Crippen LogP contribution in [-0.4, -0.2) is 17.4 Å². The minimum atomic E-state index is -0.0481. The standard InChI is InChI=1S/C14H17N3OS/c1-3-15-13(18)11-5-4-6-12(9-11)17-10(2)14-16-7-8-19-14/h4-10,17H,3H2,1-2H3,(H,15,18). The Morgan fingerprint density at radius 2 is 2.32 bits per heavy atom. The first kappa shape index (κ1) is 13.5. The van der Waals surface area contributed by atoms with Gasteiger partial charge in [0.15, 0.2) is 0 Å². The Balaban J connectivity index is 2.09. The first-order valence-electron chi connectivity index (χ1n) is 6.25. The van der Waals surface area contributed by atoms with Gasteiger partial charge in [-0.15, -0.1) is 11.3 Å². The van der Waals surface area contributed by atoms with Gasteiger partial charge in [-0.1, -0.05) is 6.07 Å². The summed E-state index contributed by atoms with van der Waals surface area (Å²) in [5, 5.41) is 9.13. The molecule has 100 valence electrons. The molecule has 1 aromatic heterocycles. The Morgan fingerprint density at radius 1 is 1.47 bits per heavy atom. The minimum absolute atomic E-state index is 0.0481. The Morgan fingerprint density at radius 3 is 3.00 bits per heavy atom. The highest BCUT2D eigenvalue weighted by Crippen LogP contribution is 2.21. The summed E-state index contributed by atoms with van der Waals surface area (Å²) >= 11 is 1.62. The number of carbonyl (C=O) groups is 1. The van der Waals surface area contributed by atoms with Crippen molar-refractivity contribution >= 4 is 22.9 Å². The van der Waals surface area contributed by atoms with E-state index in [-0.39, 0.29) is 11.9 Å². The summed E-state index contributed by atoms with van der Waals surface area (Å²) in [7, 11) is 0. The maximum atomic E-state index is 11.8. The fourth-order valence-electron chi connectivity index (χ4n) is 1.77. The first-order chi connectivity index (χ1) is 9.20. The molecule has 0 saturated heterocycles. The fraction of sp³-hybridized carbons (Fsp3) is 0.286. The van der Waals surface area contributed by atoms with Crippen molar-refractivity contribution in [1.29, 1.82) is 0 Å². The molecule has 0 aliphatic rings. The fourth-order valence-corrected chi connectivity index (χ4v) is 2.42. The van der Waals surface area contributed by atoms with E-state index < -0.39 is 0 Å². The van der Waals surface area contributed by atoms with E-state index in [0.29, 0.717) is 12.1 Å². The number of hydrogen-bond donors (Lipinski definition) is 2. The van der Waals surface area contributed by atoms with Crippen LogP contribution in [0.1, 0.15) is 35.3 Å². The van der Waals surface area contributed by atoms with Crippen LogP contribution in [0, 0.1) is 0 Å². The molecule has 1 atom stereocenters. The highest BCUT2D eigenvalue weighted by Gasteiger charge is 2.09. The number of nitrogens with zero attached hydrogens (tertiary/aromatic N) is 1. The van der Waals surface area contributed by atoms with Crippen LogP contribution in [0.4, 0.5) is 5.69 Å². The molecule has 1 amide bonds. The first-order valence-corrected chi connectivity index (χ1v) is 7.13. The molecule has 0 aliphatic carbocycles. The molecule has 0 spiro atoms. The summed E-state index contributed by atoms with van der Waals surface area (Å²) in [5.74, 6) is -0.0481. The Labute approximate surface area is 116 Å². The van der Waals surface area contributed by atoms with Crippen LogP contribution in [-0.2, 0) is 0 Å². The van der Waals surface area contributed by atoms with E-state index in [2.05, 4.69) is 22.5 Å². The second-order valence-electron chi connectivity index (χ2n) is 4.18. The molecule has 1 heterocycles. The number of hydrogen-bond acceptors (Lipinski definition) is 4. The number of nitrogens with one attached hydrogen (secondary N) is 2. The summed E-state index contributed by atoms with van der Waals surface area (Å²) in [5.41, 5.74) is 1.59. The van der Waals surface area contributed by atoms with Crippen molar-refractivity contribution in [2.75, 3.05) is 11.9 Å². The van der Waals surface area contributed by atoms with E-state index in [4.69, 9.17) is 0 Å². The summed E-state index contributed by atoms with van der Waals surface area (Å²) in [6.07, 6.45) is 1.79. The highest BCUT2D eigenvalue weighted by molar-refractivity contribution is 7.09. The molecule has 0 radical (unpaired) electrons. The SMILES string of the molecule is CCNC(=O)c1cccc(NC(C)c2nccs2)c1. The predicted octanol–water partition coefficient (Wildman–Crippen LogP) is 3.07. The van der Waals surface area contributed by atoms with Crippen LogP contribution in [0.3, 0.4) is 0 Å². The van der Waals surface area contributed by atoms with Gasteiger partial charge in [0.2, 0.25) is 0 Å². The normalized spacial score (nSPS) is 11.9. The van der Waals surface area contributed by atoms with Gasteiger partial charge in [0, 0.05) is 29.4 Å². The molecule has 0 fully saturated rings. The van der Waals surface area contributed by atoms with Crippen LogP contribution in [0.2, 0.25) is 0 Å². The van der Waals surface area contributed by atoms with Crippen LogP contribution >= 0.6 is 11.3 Å². The van der Waals surface area contributed by atoms with Crippen LogP contribution in [0.5, 0.6) is 0 Å². The average Bonchev–Trinajstić information content (AvgIpc) is 2.93. The molecule has 2 N–H and O–H groups in total. The molecule has 5 heteroatoms. The zero-order valence-corrected chi connectivity index (χ0v) is 11.8. The summed E-state index contributed by atoms with van der Waals surface area (Å²) in [4.78, 5) is 16.0. The lowest BCUT2D eigenvalue weighted by molar-refractivity contribution is 0.0956. The highest BCUT2D eigenvalue weighted by atomic mass is 32.1. The predicted molar refractivity (Wildman–Crippen MR) is 78.6 cm³/mol. The number of anilines is 1. The van der Waals surface area contributed by atoms with E-state index >= 15 is 0 Å². The molecule has 19 heavy (non-hydrogen) atoms. The van der Waals surface area contributed by atoms with Crippen molar-refractivity contribution in [2.45, 2.75) is 19.9 Å². The number of benzene rings is 1. The quantitative estimate of drug-likeness (QED) is 0.881. The molecule has 0 aliphatic heterocycles. The van der Waals surface area contributed by atoms with E-state index in [1.807, 2.05) is 36.6 Å². The summed E-state index contributed by atoms with van der Waals surface area (Å²) < 4.78 is 0. The molecular formula is C14H17N3OS. The molecule has 1 unspecified atom stereocenters. The van der Waals surface area contributed by atoms with Gasteiger partial charge in [-0.3, -0.25) is 4.79 Å². The molecule has 2 rings (SSSR count). The van der Waals surface area contributed by atoms with Crippen LogP contribution < -0.4 is 10.6 Å². The molecule has 0 bridgehead atoms.